The molecule has 0 aliphatic carbocycles. The molecule has 0 aliphatic heterocycles. The van der Waals surface area contributed by atoms with Gasteiger partial charge in [-0.05, 0) is 12.1 Å². The summed E-state index contributed by atoms with van der Waals surface area (Å²) in [6, 6.07) is 4.97. The minimum Gasteiger partial charge on any atom is -0.390 e. The van der Waals surface area contributed by atoms with Crippen LogP contribution in [-0.2, 0) is 0 Å². The van der Waals surface area contributed by atoms with Crippen LogP contribution >= 0.6 is 0 Å². The van der Waals surface area contributed by atoms with Gasteiger partial charge in [-0.25, -0.2) is 9.98 Å². The van der Waals surface area contributed by atoms with Crippen LogP contribution in [0.3, 0.4) is 0 Å². The molecule has 1 aromatic heterocycles. The van der Waals surface area contributed by atoms with Crippen LogP contribution in [0, 0.1) is 0 Å². The van der Waals surface area contributed by atoms with Crippen molar-refractivity contribution < 1.29 is 1.37 Å². The molecule has 1 rings (SSSR count). The summed E-state index contributed by atoms with van der Waals surface area (Å²) in [6.45, 7) is 8.00. The van der Waals surface area contributed by atoms with Crippen molar-refractivity contribution in [2.24, 2.45) is 10.7 Å². The lowest BCUT2D eigenvalue weighted by atomic mass is 10.5. The van der Waals surface area contributed by atoms with E-state index in [0.717, 1.165) is 6.34 Å². The third kappa shape index (κ3) is 8.53. The van der Waals surface area contributed by atoms with Crippen molar-refractivity contribution in [2.45, 2.75) is 27.7 Å². The molecule has 3 heteroatoms. The van der Waals surface area contributed by atoms with E-state index in [1.807, 2.05) is 27.7 Å². The molecule has 0 bridgehead atoms. The Morgan fingerprint density at radius 2 is 2.00 bits per heavy atom. The van der Waals surface area contributed by atoms with Gasteiger partial charge in [-0.1, -0.05) is 33.8 Å². The smallest absolute Gasteiger partial charge is 0.153 e. The SMILES string of the molecule is CC.CC.[3H]c1cccc(N=CN)n1. The van der Waals surface area contributed by atoms with E-state index in [4.69, 9.17) is 7.10 Å². The predicted molar refractivity (Wildman–Crippen MR) is 59.3 cm³/mol. The number of nitrogens with zero attached hydrogens (tertiary/aromatic N) is 2. The van der Waals surface area contributed by atoms with Crippen LogP contribution in [0.2, 0.25) is 0 Å². The molecule has 13 heavy (non-hydrogen) atoms. The maximum Gasteiger partial charge on any atom is 0.153 e. The first-order valence-corrected chi connectivity index (χ1v) is 4.51. The number of aromatic nitrogens is 1. The fourth-order valence-electron chi connectivity index (χ4n) is 0.466. The van der Waals surface area contributed by atoms with Gasteiger partial charge in [0.25, 0.3) is 0 Å². The van der Waals surface area contributed by atoms with Crippen molar-refractivity contribution in [2.75, 3.05) is 0 Å². The first-order valence-electron chi connectivity index (χ1n) is 5.01. The molecule has 3 nitrogen and oxygen atoms in total. The molecule has 1 heterocycles. The maximum absolute atomic E-state index is 7.09. The number of nitrogens with two attached hydrogens (primary N) is 1. The molecule has 0 radical (unpaired) electrons. The zero-order valence-corrected chi connectivity index (χ0v) is 8.78. The van der Waals surface area contributed by atoms with Crippen LogP contribution < -0.4 is 5.73 Å². The summed E-state index contributed by atoms with van der Waals surface area (Å²) in [4.78, 5) is 7.44. The van der Waals surface area contributed by atoms with Crippen LogP contribution in [-0.4, -0.2) is 11.3 Å². The standard InChI is InChI=1S/C6H7N3.2C2H6/c7-5-9-6-3-1-2-4-8-6;2*1-2/h1-5H,(H2,7,8,9);2*1-2H3/i4T;;. The first kappa shape index (κ1) is 11.6. The van der Waals surface area contributed by atoms with Gasteiger partial charge >= 0.3 is 0 Å². The minimum absolute atomic E-state index is 0.197. The van der Waals surface area contributed by atoms with E-state index in [1.54, 1.807) is 18.2 Å². The molecule has 2 N–H and O–H groups in total. The van der Waals surface area contributed by atoms with Crippen LogP contribution in [0.5, 0.6) is 0 Å². The van der Waals surface area contributed by atoms with Gasteiger partial charge in [-0.2, -0.15) is 0 Å². The van der Waals surface area contributed by atoms with E-state index in [9.17, 15) is 0 Å². The van der Waals surface area contributed by atoms with Crippen molar-refractivity contribution in [1.82, 2.24) is 4.98 Å². The van der Waals surface area contributed by atoms with E-state index >= 15 is 0 Å². The molecular formula is C10H19N3. The Labute approximate surface area is 82.1 Å². The van der Waals surface area contributed by atoms with E-state index in [2.05, 4.69) is 9.98 Å². The number of pyridine rings is 1. The molecular weight excluding hydrogens is 162 g/mol. The topological polar surface area (TPSA) is 51.3 Å². The Hall–Kier alpha value is -1.38. The monoisotopic (exact) mass is 183 g/mol. The minimum atomic E-state index is 0.197. The molecule has 0 saturated carbocycles. The lowest BCUT2D eigenvalue weighted by Gasteiger charge is -1.85. The second-order valence-electron chi connectivity index (χ2n) is 1.40. The van der Waals surface area contributed by atoms with E-state index in [0.29, 0.717) is 5.82 Å². The molecule has 0 fully saturated rings. The van der Waals surface area contributed by atoms with Gasteiger partial charge in [0.05, 0.1) is 7.71 Å². The molecule has 0 saturated heterocycles. The average molecular weight is 183 g/mol. The number of aliphatic imine (C=N–C) groups is 1. The Bertz CT molecular complexity index is 249. The lowest BCUT2D eigenvalue weighted by molar-refractivity contribution is 1.28. The Balaban J connectivity index is 0. The summed E-state index contributed by atoms with van der Waals surface area (Å²) in [6.07, 6.45) is 1.35. The third-order valence-electron chi connectivity index (χ3n) is 0.802. The fourth-order valence-corrected chi connectivity index (χ4v) is 0.466. The van der Waals surface area contributed by atoms with Gasteiger partial charge in [0, 0.05) is 6.17 Å². The van der Waals surface area contributed by atoms with Crippen LogP contribution in [0.25, 0.3) is 0 Å². The van der Waals surface area contributed by atoms with Gasteiger partial charge in [-0.15, -0.1) is 0 Å². The molecule has 0 spiro atoms. The molecule has 0 amide bonds. The number of rotatable bonds is 1. The van der Waals surface area contributed by atoms with Gasteiger partial charge in [0.1, 0.15) is 0 Å². The third-order valence-corrected chi connectivity index (χ3v) is 0.802. The summed E-state index contributed by atoms with van der Waals surface area (Å²) >= 11 is 0. The second-order valence-corrected chi connectivity index (χ2v) is 1.40. The van der Waals surface area contributed by atoms with E-state index in [1.165, 1.54) is 0 Å². The molecule has 0 aromatic carbocycles. The molecule has 0 aliphatic rings. The summed E-state index contributed by atoms with van der Waals surface area (Å²) < 4.78 is 7.09. The van der Waals surface area contributed by atoms with Crippen molar-refractivity contribution in [3.8, 4) is 0 Å². The van der Waals surface area contributed by atoms with Crippen molar-refractivity contribution in [3.63, 3.8) is 0 Å². The molecule has 74 valence electrons. The Morgan fingerprint density at radius 3 is 2.46 bits per heavy atom. The largest absolute Gasteiger partial charge is 0.390 e. The second kappa shape index (κ2) is 13.2. The van der Waals surface area contributed by atoms with E-state index < -0.39 is 0 Å². The highest BCUT2D eigenvalue weighted by Gasteiger charge is 1.80. The van der Waals surface area contributed by atoms with Crippen molar-refractivity contribution in [1.29, 1.82) is 0 Å². The summed E-state index contributed by atoms with van der Waals surface area (Å²) in [7, 11) is 0. The highest BCUT2D eigenvalue weighted by atomic mass is 14.9. The quantitative estimate of drug-likeness (QED) is 0.537. The van der Waals surface area contributed by atoms with E-state index in [-0.39, 0.29) is 6.17 Å². The zero-order chi connectivity index (χ0) is 11.4. The van der Waals surface area contributed by atoms with Gasteiger partial charge < -0.3 is 5.73 Å². The zero-order valence-electron chi connectivity index (χ0n) is 9.78. The van der Waals surface area contributed by atoms with Gasteiger partial charge in [-0.3, -0.25) is 0 Å². The predicted octanol–water partition coefficient (Wildman–Crippen LogP) is 2.75. The highest BCUT2D eigenvalue weighted by molar-refractivity contribution is 5.56. The summed E-state index contributed by atoms with van der Waals surface area (Å²) in [5, 5.41) is 0. The van der Waals surface area contributed by atoms with Crippen LogP contribution in [0.1, 0.15) is 29.1 Å². The number of hydrogen-bond donors (Lipinski definition) is 1. The highest BCUT2D eigenvalue weighted by Crippen LogP contribution is 2.01. The average Bonchev–Trinajstić information content (AvgIpc) is 2.24. The van der Waals surface area contributed by atoms with Crippen molar-refractivity contribution in [3.05, 3.63) is 24.4 Å². The van der Waals surface area contributed by atoms with Gasteiger partial charge in [0.2, 0.25) is 0 Å². The Kier molecular flexibility index (Phi) is 11.8. The van der Waals surface area contributed by atoms with Crippen LogP contribution in [0.15, 0.2) is 29.4 Å². The molecule has 1 aromatic rings. The molecule has 0 atom stereocenters. The summed E-state index contributed by atoms with van der Waals surface area (Å²) in [5.41, 5.74) is 5.02. The first-order chi connectivity index (χ1) is 6.83. The van der Waals surface area contributed by atoms with Crippen molar-refractivity contribution >= 4 is 12.2 Å². The number of hydrogen-bond acceptors (Lipinski definition) is 2. The van der Waals surface area contributed by atoms with Crippen LogP contribution in [0.4, 0.5) is 5.82 Å². The fraction of sp³-hybridized carbons (Fsp3) is 0.400. The normalized spacial score (nSPS) is 9.08. The lowest BCUT2D eigenvalue weighted by Crippen LogP contribution is -1.86. The maximum atomic E-state index is 7.09. The molecule has 0 unspecified atom stereocenters. The Morgan fingerprint density at radius 1 is 1.38 bits per heavy atom. The van der Waals surface area contributed by atoms with Gasteiger partial charge in [0.15, 0.2) is 5.82 Å². The summed E-state index contributed by atoms with van der Waals surface area (Å²) in [5.74, 6) is 0.468.